The van der Waals surface area contributed by atoms with E-state index in [2.05, 4.69) is 52.8 Å². The van der Waals surface area contributed by atoms with Crippen LogP contribution in [-0.2, 0) is 4.79 Å². The number of fused-ring (bicyclic) bond motifs is 1. The van der Waals surface area contributed by atoms with Crippen LogP contribution in [0.5, 0.6) is 0 Å². The molecule has 0 radical (unpaired) electrons. The van der Waals surface area contributed by atoms with Crippen LogP contribution in [0.15, 0.2) is 46.8 Å². The van der Waals surface area contributed by atoms with Crippen molar-refractivity contribution in [3.8, 4) is 0 Å². The summed E-state index contributed by atoms with van der Waals surface area (Å²) in [7, 11) is 0. The Kier molecular flexibility index (Phi) is 3.49. The van der Waals surface area contributed by atoms with Crippen molar-refractivity contribution < 1.29 is 4.79 Å². The zero-order valence-corrected chi connectivity index (χ0v) is 13.9. The molecule has 0 saturated carbocycles. The molecule has 1 N–H and O–H groups in total. The predicted molar refractivity (Wildman–Crippen MR) is 90.4 cm³/mol. The first-order valence-corrected chi connectivity index (χ1v) is 8.96. The Balaban J connectivity index is 1.85. The molecule has 5 nitrogen and oxygen atoms in total. The molecular weight excluding hydrogens is 308 g/mol. The second-order valence-corrected chi connectivity index (χ2v) is 7.04. The Labute approximate surface area is 139 Å². The van der Waals surface area contributed by atoms with Gasteiger partial charge in [-0.25, -0.2) is 4.68 Å². The molecule has 0 unspecified atom stereocenters. The van der Waals surface area contributed by atoms with E-state index in [1.54, 1.807) is 11.8 Å². The van der Waals surface area contributed by atoms with Crippen LogP contribution in [0.4, 0.5) is 5.95 Å². The van der Waals surface area contributed by atoms with Gasteiger partial charge in [-0.05, 0) is 36.3 Å². The van der Waals surface area contributed by atoms with Crippen molar-refractivity contribution in [1.29, 1.82) is 0 Å². The number of carbonyl (C=O) groups is 1. The molecule has 4 rings (SSSR count). The van der Waals surface area contributed by atoms with Crippen LogP contribution < -0.4 is 5.32 Å². The zero-order chi connectivity index (χ0) is 16.0. The maximum atomic E-state index is 12.7. The smallest absolute Gasteiger partial charge is 0.226 e. The van der Waals surface area contributed by atoms with Crippen molar-refractivity contribution in [3.05, 3.63) is 47.4 Å². The fraction of sp³-hybridized carbons (Fsp3) is 0.353. The van der Waals surface area contributed by atoms with Crippen molar-refractivity contribution in [2.75, 3.05) is 11.6 Å². The Hall–Kier alpha value is -2.08. The van der Waals surface area contributed by atoms with Crippen LogP contribution in [0.3, 0.4) is 0 Å². The highest BCUT2D eigenvalue weighted by Gasteiger charge is 2.37. The molecule has 2 heterocycles. The average Bonchev–Trinajstić information content (AvgIpc) is 3.00. The van der Waals surface area contributed by atoms with Crippen molar-refractivity contribution in [2.45, 2.75) is 30.7 Å². The van der Waals surface area contributed by atoms with E-state index in [4.69, 9.17) is 0 Å². The lowest BCUT2D eigenvalue weighted by Crippen LogP contribution is -2.33. The molecule has 1 aromatic heterocycles. The molecule has 0 saturated heterocycles. The third-order valence-corrected chi connectivity index (χ3v) is 5.24. The van der Waals surface area contributed by atoms with E-state index in [0.717, 1.165) is 23.3 Å². The summed E-state index contributed by atoms with van der Waals surface area (Å²) in [5.74, 6) is 1.29. The number of allylic oxidation sites excluding steroid dienone is 2. The van der Waals surface area contributed by atoms with Gasteiger partial charge in [0.15, 0.2) is 5.78 Å². The quantitative estimate of drug-likeness (QED) is 0.858. The van der Waals surface area contributed by atoms with E-state index < -0.39 is 0 Å². The van der Waals surface area contributed by atoms with E-state index in [-0.39, 0.29) is 11.8 Å². The maximum Gasteiger partial charge on any atom is 0.226 e. The standard InChI is InChI=1S/C17H18N4OS/c1-10-7-13-15(14(22)8-10)16(21-17(20-13)18-9-19-21)11-3-5-12(23-2)6-4-11/h3-6,9-10,16H,7-8H2,1-2H3,(H,18,19,20)/t10-,16-/m1/s1. The summed E-state index contributed by atoms with van der Waals surface area (Å²) >= 11 is 1.71. The molecule has 2 aliphatic rings. The molecule has 23 heavy (non-hydrogen) atoms. The molecule has 6 heteroatoms. The minimum absolute atomic E-state index is 0.181. The summed E-state index contributed by atoms with van der Waals surface area (Å²) in [5, 5.41) is 7.66. The van der Waals surface area contributed by atoms with Gasteiger partial charge in [-0.15, -0.1) is 11.8 Å². The van der Waals surface area contributed by atoms with E-state index in [1.165, 1.54) is 11.2 Å². The first-order chi connectivity index (χ1) is 11.2. The van der Waals surface area contributed by atoms with Crippen molar-refractivity contribution in [1.82, 2.24) is 14.8 Å². The molecule has 1 aliphatic carbocycles. The number of rotatable bonds is 2. The average molecular weight is 326 g/mol. The summed E-state index contributed by atoms with van der Waals surface area (Å²) in [5.41, 5.74) is 2.93. The van der Waals surface area contributed by atoms with Gasteiger partial charge in [0.1, 0.15) is 12.4 Å². The second-order valence-electron chi connectivity index (χ2n) is 6.16. The summed E-state index contributed by atoms with van der Waals surface area (Å²) in [6, 6.07) is 8.18. The first kappa shape index (κ1) is 14.5. The van der Waals surface area contributed by atoms with E-state index in [1.807, 2.05) is 4.68 Å². The van der Waals surface area contributed by atoms with Gasteiger partial charge in [-0.3, -0.25) is 4.79 Å². The number of thioether (sulfide) groups is 1. The van der Waals surface area contributed by atoms with Crippen molar-refractivity contribution in [2.24, 2.45) is 5.92 Å². The van der Waals surface area contributed by atoms with Gasteiger partial charge in [0.25, 0.3) is 0 Å². The molecule has 2 aromatic rings. The zero-order valence-electron chi connectivity index (χ0n) is 13.1. The Morgan fingerprint density at radius 2 is 2.04 bits per heavy atom. The highest BCUT2D eigenvalue weighted by atomic mass is 32.2. The van der Waals surface area contributed by atoms with E-state index >= 15 is 0 Å². The number of Topliss-reactive ketones (excluding diaryl/α,β-unsaturated/α-hetero) is 1. The van der Waals surface area contributed by atoms with Crippen LogP contribution in [0.1, 0.15) is 31.4 Å². The van der Waals surface area contributed by atoms with Gasteiger partial charge in [0.05, 0.1) is 0 Å². The minimum atomic E-state index is -0.181. The number of nitrogens with one attached hydrogen (secondary N) is 1. The summed E-state index contributed by atoms with van der Waals surface area (Å²) in [4.78, 5) is 18.2. The van der Waals surface area contributed by atoms with Crippen LogP contribution in [0.25, 0.3) is 0 Å². The van der Waals surface area contributed by atoms with Crippen LogP contribution in [0, 0.1) is 5.92 Å². The summed E-state index contributed by atoms with van der Waals surface area (Å²) < 4.78 is 1.82. The molecule has 2 atom stereocenters. The Morgan fingerprint density at radius 3 is 2.78 bits per heavy atom. The summed E-state index contributed by atoms with van der Waals surface area (Å²) in [6.45, 7) is 2.12. The number of anilines is 1. The molecule has 0 fully saturated rings. The molecule has 0 spiro atoms. The van der Waals surface area contributed by atoms with E-state index in [9.17, 15) is 4.79 Å². The number of hydrogen-bond acceptors (Lipinski definition) is 5. The fourth-order valence-electron chi connectivity index (χ4n) is 3.44. The Morgan fingerprint density at radius 1 is 1.26 bits per heavy atom. The predicted octanol–water partition coefficient (Wildman–Crippen LogP) is 3.27. The molecule has 1 aromatic carbocycles. The monoisotopic (exact) mass is 326 g/mol. The fourth-order valence-corrected chi connectivity index (χ4v) is 3.85. The number of aromatic nitrogens is 3. The largest absolute Gasteiger partial charge is 0.328 e. The van der Waals surface area contributed by atoms with Crippen molar-refractivity contribution >= 4 is 23.5 Å². The van der Waals surface area contributed by atoms with E-state index in [0.29, 0.717) is 18.3 Å². The second kappa shape index (κ2) is 5.53. The van der Waals surface area contributed by atoms with Gasteiger partial charge >= 0.3 is 0 Å². The number of nitrogens with zero attached hydrogens (tertiary/aromatic N) is 3. The third kappa shape index (κ3) is 2.37. The maximum absolute atomic E-state index is 12.7. The van der Waals surface area contributed by atoms with Crippen LogP contribution >= 0.6 is 11.8 Å². The van der Waals surface area contributed by atoms with Crippen molar-refractivity contribution in [3.63, 3.8) is 0 Å². The normalized spacial score (nSPS) is 23.3. The minimum Gasteiger partial charge on any atom is -0.328 e. The van der Waals surface area contributed by atoms with Gasteiger partial charge in [0.2, 0.25) is 5.95 Å². The number of ketones is 1. The molecule has 1 aliphatic heterocycles. The lowest BCUT2D eigenvalue weighted by atomic mass is 9.81. The topological polar surface area (TPSA) is 59.8 Å². The van der Waals surface area contributed by atoms with Gasteiger partial charge in [0, 0.05) is 22.6 Å². The number of hydrogen-bond donors (Lipinski definition) is 1. The molecule has 0 bridgehead atoms. The lowest BCUT2D eigenvalue weighted by Gasteiger charge is -2.34. The summed E-state index contributed by atoms with van der Waals surface area (Å²) in [6.07, 6.45) is 5.08. The van der Waals surface area contributed by atoms with Gasteiger partial charge in [-0.2, -0.15) is 10.1 Å². The molecule has 118 valence electrons. The van der Waals surface area contributed by atoms with Gasteiger partial charge in [-0.1, -0.05) is 19.1 Å². The molecule has 0 amide bonds. The number of carbonyl (C=O) groups excluding carboxylic acids is 1. The van der Waals surface area contributed by atoms with Gasteiger partial charge < -0.3 is 5.32 Å². The highest BCUT2D eigenvalue weighted by Crippen LogP contribution is 2.41. The SMILES string of the molecule is CSc1ccc([C@@H]2C3=C(C[C@@H](C)CC3=O)Nc3ncnn32)cc1. The number of benzene rings is 1. The lowest BCUT2D eigenvalue weighted by molar-refractivity contribution is -0.117. The first-order valence-electron chi connectivity index (χ1n) is 7.74. The van der Waals surface area contributed by atoms with Crippen LogP contribution in [0.2, 0.25) is 0 Å². The third-order valence-electron chi connectivity index (χ3n) is 4.50. The van der Waals surface area contributed by atoms with Crippen LogP contribution in [-0.4, -0.2) is 26.8 Å². The molecular formula is C17H18N4OS. The Bertz CT molecular complexity index is 793. The highest BCUT2D eigenvalue weighted by molar-refractivity contribution is 7.98.